The van der Waals surface area contributed by atoms with Crippen molar-refractivity contribution in [3.8, 4) is 0 Å². The Morgan fingerprint density at radius 2 is 2.22 bits per heavy atom. The zero-order valence-electron chi connectivity index (χ0n) is 14.6. The molecule has 0 spiro atoms. The van der Waals surface area contributed by atoms with Crippen molar-refractivity contribution < 1.29 is 9.21 Å². The number of halogens is 1. The second-order valence-electron chi connectivity index (χ2n) is 5.58. The van der Waals surface area contributed by atoms with Crippen LogP contribution in [0.2, 0.25) is 0 Å². The Hall–Kier alpha value is -2.59. The third-order valence-corrected chi connectivity index (χ3v) is 4.72. The van der Waals surface area contributed by atoms with Gasteiger partial charge >= 0.3 is 0 Å². The minimum Gasteiger partial charge on any atom is -0.460 e. The minimum atomic E-state index is -0.129. The average Bonchev–Trinajstić information content (AvgIpc) is 3.25. The average molecular weight is 449 g/mol. The van der Waals surface area contributed by atoms with Crippen LogP contribution in [0.25, 0.3) is 0 Å². The lowest BCUT2D eigenvalue weighted by atomic mass is 10.2. The molecule has 2 heterocycles. The predicted octanol–water partition coefficient (Wildman–Crippen LogP) is 3.95. The molecule has 0 aliphatic carbocycles. The maximum atomic E-state index is 12.1. The highest BCUT2D eigenvalue weighted by molar-refractivity contribution is 9.10. The van der Waals surface area contributed by atoms with Gasteiger partial charge in [-0.2, -0.15) is 10.1 Å². The summed E-state index contributed by atoms with van der Waals surface area (Å²) in [6.07, 6.45) is 1.54. The van der Waals surface area contributed by atoms with Crippen molar-refractivity contribution in [3.63, 3.8) is 0 Å². The maximum absolute atomic E-state index is 12.1. The Morgan fingerprint density at radius 3 is 2.96 bits per heavy atom. The van der Waals surface area contributed by atoms with E-state index in [-0.39, 0.29) is 11.7 Å². The summed E-state index contributed by atoms with van der Waals surface area (Å²) in [4.78, 5) is 16.3. The van der Waals surface area contributed by atoms with Crippen LogP contribution in [0.3, 0.4) is 0 Å². The second kappa shape index (κ2) is 8.87. The molecule has 0 aliphatic heterocycles. The van der Waals surface area contributed by atoms with E-state index in [1.165, 1.54) is 18.0 Å². The van der Waals surface area contributed by atoms with Crippen LogP contribution in [0, 0.1) is 13.8 Å². The maximum Gasteiger partial charge on any atom is 0.240 e. The molecule has 1 aromatic carbocycles. The van der Waals surface area contributed by atoms with Gasteiger partial charge in [0.1, 0.15) is 11.5 Å². The summed E-state index contributed by atoms with van der Waals surface area (Å²) in [7, 11) is 0. The van der Waals surface area contributed by atoms with Gasteiger partial charge in [-0.25, -0.2) is 10.5 Å². The molecule has 1 amide bonds. The minimum absolute atomic E-state index is 0.129. The first kappa shape index (κ1) is 19.2. The molecule has 0 atom stereocenters. The van der Waals surface area contributed by atoms with E-state index in [1.807, 2.05) is 44.2 Å². The van der Waals surface area contributed by atoms with Crippen molar-refractivity contribution in [2.75, 3.05) is 16.5 Å². The van der Waals surface area contributed by atoms with Crippen LogP contribution in [-0.4, -0.2) is 33.1 Å². The van der Waals surface area contributed by atoms with Gasteiger partial charge in [-0.1, -0.05) is 27.7 Å². The van der Waals surface area contributed by atoms with Crippen LogP contribution in [0.4, 0.5) is 11.6 Å². The topological polar surface area (TPSA) is 108 Å². The molecule has 27 heavy (non-hydrogen) atoms. The quantitative estimate of drug-likeness (QED) is 0.286. The number of H-pyrrole nitrogens is 1. The molecule has 0 unspecified atom stereocenters. The van der Waals surface area contributed by atoms with Gasteiger partial charge < -0.3 is 9.73 Å². The first-order chi connectivity index (χ1) is 13.0. The Bertz CT molecular complexity index is 968. The Labute approximate surface area is 168 Å². The number of benzene rings is 1. The van der Waals surface area contributed by atoms with Crippen molar-refractivity contribution in [3.05, 3.63) is 51.9 Å². The van der Waals surface area contributed by atoms with Crippen molar-refractivity contribution in [2.45, 2.75) is 19.0 Å². The van der Waals surface area contributed by atoms with Gasteiger partial charge in [0.05, 0.1) is 12.0 Å². The van der Waals surface area contributed by atoms with Gasteiger partial charge in [0, 0.05) is 10.2 Å². The highest BCUT2D eigenvalue weighted by Gasteiger charge is 2.09. The highest BCUT2D eigenvalue weighted by atomic mass is 79.9. The van der Waals surface area contributed by atoms with E-state index < -0.39 is 0 Å². The number of thioether (sulfide) groups is 1. The number of rotatable bonds is 7. The van der Waals surface area contributed by atoms with Crippen molar-refractivity contribution in [1.82, 2.24) is 15.2 Å². The first-order valence-corrected chi connectivity index (χ1v) is 9.74. The van der Waals surface area contributed by atoms with E-state index in [0.717, 1.165) is 21.5 Å². The summed E-state index contributed by atoms with van der Waals surface area (Å²) in [6.45, 7) is 3.80. The standard InChI is InChI=1S/C17H17BrN6O2S/c1-10-7-12(18)4-6-14(10)20-15(25)9-27-17-21-16(23-24-17)22-19-8-13-5-3-11(2)26-13/h3-8H,9H2,1-2H3,(H,20,25)(H2,21,22,23,24)/b19-8-. The molecule has 140 valence electrons. The Kier molecular flexibility index (Phi) is 6.30. The van der Waals surface area contributed by atoms with Crippen molar-refractivity contribution in [1.29, 1.82) is 0 Å². The van der Waals surface area contributed by atoms with Gasteiger partial charge in [0.2, 0.25) is 17.0 Å². The van der Waals surface area contributed by atoms with Gasteiger partial charge in [0.25, 0.3) is 0 Å². The first-order valence-electron chi connectivity index (χ1n) is 7.96. The zero-order valence-corrected chi connectivity index (χ0v) is 17.0. The number of nitrogens with one attached hydrogen (secondary N) is 3. The molecule has 8 nitrogen and oxygen atoms in total. The molecular weight excluding hydrogens is 432 g/mol. The molecule has 3 N–H and O–H groups in total. The largest absolute Gasteiger partial charge is 0.460 e. The smallest absolute Gasteiger partial charge is 0.240 e. The summed E-state index contributed by atoms with van der Waals surface area (Å²) in [6, 6.07) is 9.35. The number of hydrogen-bond acceptors (Lipinski definition) is 7. The van der Waals surface area contributed by atoms with Crippen LogP contribution in [0.5, 0.6) is 0 Å². The van der Waals surface area contributed by atoms with Crippen LogP contribution >= 0.6 is 27.7 Å². The fourth-order valence-electron chi connectivity index (χ4n) is 2.12. The van der Waals surface area contributed by atoms with E-state index in [0.29, 0.717) is 16.9 Å². The molecule has 0 radical (unpaired) electrons. The lowest BCUT2D eigenvalue weighted by Crippen LogP contribution is -2.14. The number of anilines is 2. The number of nitrogens with zero attached hydrogens (tertiary/aromatic N) is 3. The number of carbonyl (C=O) groups excluding carboxylic acids is 1. The van der Waals surface area contributed by atoms with E-state index in [9.17, 15) is 4.79 Å². The number of aromatic nitrogens is 3. The summed E-state index contributed by atoms with van der Waals surface area (Å²) in [5.41, 5.74) is 4.49. The monoisotopic (exact) mass is 448 g/mol. The molecule has 0 saturated carbocycles. The van der Waals surface area contributed by atoms with Crippen molar-refractivity contribution >= 4 is 51.4 Å². The van der Waals surface area contributed by atoms with Gasteiger partial charge in [-0.15, -0.1) is 5.10 Å². The Morgan fingerprint density at radius 1 is 1.37 bits per heavy atom. The molecule has 3 aromatic rings. The number of amides is 1. The van der Waals surface area contributed by atoms with E-state index in [2.05, 4.69) is 47.0 Å². The number of aromatic amines is 1. The molecule has 2 aromatic heterocycles. The fourth-order valence-corrected chi connectivity index (χ4v) is 3.20. The lowest BCUT2D eigenvalue weighted by Gasteiger charge is -2.07. The van der Waals surface area contributed by atoms with E-state index in [4.69, 9.17) is 4.42 Å². The third-order valence-electron chi connectivity index (χ3n) is 3.38. The van der Waals surface area contributed by atoms with E-state index in [1.54, 1.807) is 0 Å². The summed E-state index contributed by atoms with van der Waals surface area (Å²) in [5.74, 6) is 1.89. The fraction of sp³-hybridized carbons (Fsp3) is 0.176. The van der Waals surface area contributed by atoms with Gasteiger partial charge in [0.15, 0.2) is 0 Å². The van der Waals surface area contributed by atoms with Gasteiger partial charge in [-0.3, -0.25) is 4.79 Å². The zero-order chi connectivity index (χ0) is 19.2. The predicted molar refractivity (Wildman–Crippen MR) is 109 cm³/mol. The highest BCUT2D eigenvalue weighted by Crippen LogP contribution is 2.21. The number of hydrazone groups is 1. The molecule has 0 bridgehead atoms. The Balaban J connectivity index is 1.47. The van der Waals surface area contributed by atoms with E-state index >= 15 is 0 Å². The third kappa shape index (κ3) is 5.69. The lowest BCUT2D eigenvalue weighted by molar-refractivity contribution is -0.113. The van der Waals surface area contributed by atoms with Gasteiger partial charge in [-0.05, 0) is 49.7 Å². The molecule has 0 fully saturated rings. The van der Waals surface area contributed by atoms with Crippen LogP contribution < -0.4 is 10.7 Å². The van der Waals surface area contributed by atoms with Crippen molar-refractivity contribution in [2.24, 2.45) is 5.10 Å². The number of hydrogen-bond donors (Lipinski definition) is 3. The van der Waals surface area contributed by atoms with Crippen LogP contribution in [0.15, 0.2) is 49.5 Å². The molecule has 0 aliphatic rings. The molecule has 3 rings (SSSR count). The summed E-state index contributed by atoms with van der Waals surface area (Å²) >= 11 is 4.63. The number of carbonyl (C=O) groups is 1. The molecule has 10 heteroatoms. The normalized spacial score (nSPS) is 11.1. The second-order valence-corrected chi connectivity index (χ2v) is 7.44. The summed E-state index contributed by atoms with van der Waals surface area (Å²) < 4.78 is 6.34. The SMILES string of the molecule is Cc1ccc(/C=N\Nc2nc(SCC(=O)Nc3ccc(Br)cc3C)n[nH]2)o1. The number of aryl methyl sites for hydroxylation is 2. The number of furan rings is 1. The molecular formula is C17H17BrN6O2S. The van der Waals surface area contributed by atoms with Crippen LogP contribution in [0.1, 0.15) is 17.1 Å². The molecule has 0 saturated heterocycles. The van der Waals surface area contributed by atoms with Crippen LogP contribution in [-0.2, 0) is 4.79 Å². The summed E-state index contributed by atoms with van der Waals surface area (Å²) in [5, 5.41) is 14.1.